The van der Waals surface area contributed by atoms with Crippen molar-refractivity contribution in [3.05, 3.63) is 16.7 Å². The highest BCUT2D eigenvalue weighted by Gasteiger charge is 2.48. The first-order valence-corrected chi connectivity index (χ1v) is 6.23. The molecule has 2 N–H and O–H groups in total. The second-order valence-electron chi connectivity index (χ2n) is 4.56. The van der Waals surface area contributed by atoms with Gasteiger partial charge in [-0.05, 0) is 18.9 Å². The summed E-state index contributed by atoms with van der Waals surface area (Å²) in [5.74, 6) is -0.697. The lowest BCUT2D eigenvalue weighted by Crippen LogP contribution is -2.42. The predicted octanol–water partition coefficient (Wildman–Crippen LogP) is 2.57. The second kappa shape index (κ2) is 4.81. The summed E-state index contributed by atoms with van der Waals surface area (Å²) in [6, 6.07) is 1.49. The number of ether oxygens (including phenoxy) is 2. The molecule has 0 saturated heterocycles. The minimum atomic E-state index is -1.08. The van der Waals surface area contributed by atoms with Crippen LogP contribution < -0.4 is 9.47 Å². The topological polar surface area (TPSA) is 76.0 Å². The third-order valence-electron chi connectivity index (χ3n) is 3.72. The first kappa shape index (κ1) is 13.8. The maximum absolute atomic E-state index is 11.5. The van der Waals surface area contributed by atoms with Gasteiger partial charge in [0, 0.05) is 5.56 Å². The van der Waals surface area contributed by atoms with Crippen molar-refractivity contribution in [3.63, 3.8) is 0 Å². The Morgan fingerprint density at radius 2 is 2.00 bits per heavy atom. The highest BCUT2D eigenvalue weighted by Crippen LogP contribution is 2.53. The zero-order chi connectivity index (χ0) is 14.2. The molecular weight excluding hydrogens is 272 g/mol. The Bertz CT molecular complexity index is 522. The van der Waals surface area contributed by atoms with Crippen molar-refractivity contribution in [1.29, 1.82) is 0 Å². The van der Waals surface area contributed by atoms with E-state index in [1.54, 1.807) is 0 Å². The maximum Gasteiger partial charge on any atom is 0.314 e. The Kier molecular flexibility index (Phi) is 3.49. The molecule has 0 unspecified atom stereocenters. The molecule has 104 valence electrons. The summed E-state index contributed by atoms with van der Waals surface area (Å²) in [6.45, 7) is 0. The first-order valence-electron chi connectivity index (χ1n) is 5.85. The number of aliphatic carboxylic acids is 1. The maximum atomic E-state index is 11.5. The fraction of sp³-hybridized carbons (Fsp3) is 0.462. The van der Waals surface area contributed by atoms with Crippen molar-refractivity contribution in [2.75, 3.05) is 14.2 Å². The van der Waals surface area contributed by atoms with Crippen LogP contribution in [0, 0.1) is 0 Å². The molecular formula is C13H15ClO5. The SMILES string of the molecule is COc1cc(C2(C(=O)O)CCC2)c(O)c(Cl)c1OC. The number of methoxy groups -OCH3 is 2. The van der Waals surface area contributed by atoms with Crippen LogP contribution in [0.25, 0.3) is 0 Å². The minimum absolute atomic E-state index is 0.0237. The Morgan fingerprint density at radius 3 is 2.37 bits per heavy atom. The molecule has 0 heterocycles. The quantitative estimate of drug-likeness (QED) is 0.889. The van der Waals surface area contributed by atoms with Crippen LogP contribution in [0.5, 0.6) is 17.2 Å². The van der Waals surface area contributed by atoms with Crippen molar-refractivity contribution in [2.24, 2.45) is 0 Å². The number of halogens is 1. The van der Waals surface area contributed by atoms with E-state index in [9.17, 15) is 15.0 Å². The smallest absolute Gasteiger partial charge is 0.314 e. The van der Waals surface area contributed by atoms with E-state index in [4.69, 9.17) is 21.1 Å². The molecule has 1 aliphatic carbocycles. The Balaban J connectivity index is 2.65. The van der Waals surface area contributed by atoms with E-state index in [2.05, 4.69) is 0 Å². The second-order valence-corrected chi connectivity index (χ2v) is 4.94. The average molecular weight is 287 g/mol. The van der Waals surface area contributed by atoms with E-state index < -0.39 is 11.4 Å². The number of carboxylic acids is 1. The van der Waals surface area contributed by atoms with E-state index in [0.29, 0.717) is 18.6 Å². The molecule has 5 nitrogen and oxygen atoms in total. The number of rotatable bonds is 4. The number of phenolic OH excluding ortho intramolecular Hbond substituents is 1. The lowest BCUT2D eigenvalue weighted by molar-refractivity contribution is -0.147. The summed E-state index contributed by atoms with van der Waals surface area (Å²) in [5.41, 5.74) is -0.790. The normalized spacial score (nSPS) is 16.6. The van der Waals surface area contributed by atoms with Gasteiger partial charge in [0.05, 0.1) is 19.6 Å². The number of hydrogen-bond acceptors (Lipinski definition) is 4. The molecule has 0 aliphatic heterocycles. The molecule has 1 aromatic carbocycles. The number of carboxylic acid groups (broad SMARTS) is 1. The van der Waals surface area contributed by atoms with Crippen molar-refractivity contribution in [2.45, 2.75) is 24.7 Å². The first-order chi connectivity index (χ1) is 8.97. The van der Waals surface area contributed by atoms with Gasteiger partial charge in [0.25, 0.3) is 0 Å². The number of hydrogen-bond donors (Lipinski definition) is 2. The number of benzene rings is 1. The van der Waals surface area contributed by atoms with Crippen LogP contribution in [0.1, 0.15) is 24.8 Å². The van der Waals surface area contributed by atoms with Gasteiger partial charge in [-0.15, -0.1) is 0 Å². The molecule has 0 bridgehead atoms. The van der Waals surface area contributed by atoms with Crippen molar-refractivity contribution < 1.29 is 24.5 Å². The molecule has 2 rings (SSSR count). The van der Waals surface area contributed by atoms with E-state index in [1.807, 2.05) is 0 Å². The van der Waals surface area contributed by atoms with Crippen LogP contribution in [0.3, 0.4) is 0 Å². The van der Waals surface area contributed by atoms with Crippen LogP contribution >= 0.6 is 11.6 Å². The van der Waals surface area contributed by atoms with Crippen LogP contribution in [0.4, 0.5) is 0 Å². The van der Waals surface area contributed by atoms with E-state index in [-0.39, 0.29) is 22.1 Å². The standard InChI is InChI=1S/C13H15ClO5/c1-18-8-6-7(10(15)9(14)11(8)19-2)13(12(16)17)4-3-5-13/h6,15H,3-5H2,1-2H3,(H,16,17). The summed E-state index contributed by atoms with van der Waals surface area (Å²) in [7, 11) is 2.84. The third kappa shape index (κ3) is 1.89. The molecule has 19 heavy (non-hydrogen) atoms. The molecule has 1 aliphatic rings. The summed E-state index contributed by atoms with van der Waals surface area (Å²) < 4.78 is 10.2. The van der Waals surface area contributed by atoms with Gasteiger partial charge < -0.3 is 19.7 Å². The zero-order valence-electron chi connectivity index (χ0n) is 10.7. The Morgan fingerprint density at radius 1 is 1.37 bits per heavy atom. The minimum Gasteiger partial charge on any atom is -0.506 e. The van der Waals surface area contributed by atoms with Gasteiger partial charge in [0.1, 0.15) is 10.8 Å². The van der Waals surface area contributed by atoms with Crippen LogP contribution in [-0.4, -0.2) is 30.4 Å². The van der Waals surface area contributed by atoms with Crippen molar-refractivity contribution >= 4 is 17.6 Å². The van der Waals surface area contributed by atoms with Crippen LogP contribution in [0.2, 0.25) is 5.02 Å². The van der Waals surface area contributed by atoms with Gasteiger partial charge in [-0.3, -0.25) is 4.79 Å². The van der Waals surface area contributed by atoms with Gasteiger partial charge in [0.15, 0.2) is 11.5 Å². The molecule has 0 amide bonds. The largest absolute Gasteiger partial charge is 0.506 e. The fourth-order valence-electron chi connectivity index (χ4n) is 2.43. The molecule has 1 aromatic rings. The predicted molar refractivity (Wildman–Crippen MR) is 69.4 cm³/mol. The molecule has 1 fully saturated rings. The molecule has 0 spiro atoms. The summed E-state index contributed by atoms with van der Waals surface area (Å²) in [5, 5.41) is 19.5. The summed E-state index contributed by atoms with van der Waals surface area (Å²) >= 11 is 6.03. The summed E-state index contributed by atoms with van der Waals surface area (Å²) in [4.78, 5) is 11.5. The summed E-state index contributed by atoms with van der Waals surface area (Å²) in [6.07, 6.45) is 1.75. The number of aromatic hydroxyl groups is 1. The van der Waals surface area contributed by atoms with Crippen LogP contribution in [-0.2, 0) is 10.2 Å². The van der Waals surface area contributed by atoms with E-state index >= 15 is 0 Å². The fourth-order valence-corrected chi connectivity index (χ4v) is 2.71. The van der Waals surface area contributed by atoms with Crippen molar-refractivity contribution in [1.82, 2.24) is 0 Å². The van der Waals surface area contributed by atoms with Gasteiger partial charge in [-0.1, -0.05) is 18.0 Å². The van der Waals surface area contributed by atoms with E-state index in [1.165, 1.54) is 20.3 Å². The molecule has 0 aromatic heterocycles. The molecule has 1 saturated carbocycles. The van der Waals surface area contributed by atoms with Gasteiger partial charge >= 0.3 is 5.97 Å². The lowest BCUT2D eigenvalue weighted by Gasteiger charge is -2.38. The van der Waals surface area contributed by atoms with Crippen molar-refractivity contribution in [3.8, 4) is 17.2 Å². The molecule has 6 heteroatoms. The number of carbonyl (C=O) groups is 1. The van der Waals surface area contributed by atoms with Crippen LogP contribution in [0.15, 0.2) is 6.07 Å². The van der Waals surface area contributed by atoms with Gasteiger partial charge in [0.2, 0.25) is 0 Å². The number of phenols is 1. The highest BCUT2D eigenvalue weighted by molar-refractivity contribution is 6.34. The third-order valence-corrected chi connectivity index (χ3v) is 4.07. The molecule has 0 radical (unpaired) electrons. The van der Waals surface area contributed by atoms with Gasteiger partial charge in [-0.25, -0.2) is 0 Å². The zero-order valence-corrected chi connectivity index (χ0v) is 11.5. The van der Waals surface area contributed by atoms with E-state index in [0.717, 1.165) is 6.42 Å². The van der Waals surface area contributed by atoms with Gasteiger partial charge in [-0.2, -0.15) is 0 Å². The highest BCUT2D eigenvalue weighted by atomic mass is 35.5. The Labute approximate surface area is 115 Å². The lowest BCUT2D eigenvalue weighted by atomic mass is 9.64. The Hall–Kier alpha value is -1.62. The average Bonchev–Trinajstić information content (AvgIpc) is 2.32. The monoisotopic (exact) mass is 286 g/mol. The molecule has 0 atom stereocenters.